The molecule has 2 heterocycles. The highest BCUT2D eigenvalue weighted by molar-refractivity contribution is 7.12. The summed E-state index contributed by atoms with van der Waals surface area (Å²) in [5.41, 5.74) is 1.46. The van der Waals surface area contributed by atoms with Crippen LogP contribution in [0.5, 0.6) is 0 Å². The third-order valence-corrected chi connectivity index (χ3v) is 4.43. The van der Waals surface area contributed by atoms with Gasteiger partial charge in [0.15, 0.2) is 0 Å². The molecule has 0 radical (unpaired) electrons. The molecule has 0 amide bonds. The molecule has 0 fully saturated rings. The van der Waals surface area contributed by atoms with Crippen LogP contribution in [0.4, 0.5) is 0 Å². The molecular weight excluding hydrogens is 339 g/mol. The van der Waals surface area contributed by atoms with Gasteiger partial charge >= 0.3 is 0 Å². The Morgan fingerprint density at radius 1 is 1.18 bits per heavy atom. The summed E-state index contributed by atoms with van der Waals surface area (Å²) in [5.74, 6) is -0.156. The number of nitrogens with zero attached hydrogens (tertiary/aromatic N) is 2. The lowest BCUT2D eigenvalue weighted by molar-refractivity contribution is 0.0948. The molecule has 0 unspecified atom stereocenters. The number of rotatable bonds is 3. The molecule has 0 bridgehead atoms. The summed E-state index contributed by atoms with van der Waals surface area (Å²) in [5, 5.41) is 7.14. The molecule has 0 saturated heterocycles. The van der Waals surface area contributed by atoms with Crippen LogP contribution in [-0.4, -0.2) is 15.7 Å². The van der Waals surface area contributed by atoms with Gasteiger partial charge in [0, 0.05) is 10.0 Å². The summed E-state index contributed by atoms with van der Waals surface area (Å²) >= 11 is 13.5. The third-order valence-electron chi connectivity index (χ3n) is 2.99. The van der Waals surface area contributed by atoms with Gasteiger partial charge in [-0.15, -0.1) is 11.3 Å². The smallest absolute Gasteiger partial charge is 0.266 e. The lowest BCUT2D eigenvalue weighted by atomic mass is 10.2. The summed E-state index contributed by atoms with van der Waals surface area (Å²) in [6.07, 6.45) is 5.18. The highest BCUT2D eigenvalue weighted by Gasteiger charge is 2.12. The maximum atomic E-state index is 12.4. The molecule has 3 rings (SSSR count). The van der Waals surface area contributed by atoms with Crippen LogP contribution < -0.4 is 0 Å². The molecular formula is C16H10Cl2N2OS. The Bertz CT molecular complexity index is 838. The van der Waals surface area contributed by atoms with Crippen LogP contribution in [0.1, 0.15) is 20.9 Å². The van der Waals surface area contributed by atoms with Crippen LogP contribution in [0.3, 0.4) is 0 Å². The number of halogens is 2. The Labute approximate surface area is 141 Å². The fraction of sp³-hybridized carbons (Fsp3) is 0. The Balaban J connectivity index is 1.91. The van der Waals surface area contributed by atoms with Crippen molar-refractivity contribution in [2.75, 3.05) is 0 Å². The van der Waals surface area contributed by atoms with Gasteiger partial charge in [-0.2, -0.15) is 9.78 Å². The van der Waals surface area contributed by atoms with Gasteiger partial charge in [0.2, 0.25) is 0 Å². The van der Waals surface area contributed by atoms with Gasteiger partial charge in [-0.25, -0.2) is 0 Å². The van der Waals surface area contributed by atoms with Gasteiger partial charge in [-0.1, -0.05) is 35.3 Å². The van der Waals surface area contributed by atoms with Crippen LogP contribution in [0, 0.1) is 0 Å². The van der Waals surface area contributed by atoms with Gasteiger partial charge in [0.05, 0.1) is 16.8 Å². The summed E-state index contributed by atoms with van der Waals surface area (Å²) in [4.78, 5) is 13.0. The SMILES string of the molecule is O=C(c1cccs1)n1nccc1C=Cc1cc(Cl)ccc1Cl. The largest absolute Gasteiger partial charge is 0.288 e. The number of hydrogen-bond acceptors (Lipinski definition) is 3. The zero-order valence-electron chi connectivity index (χ0n) is 11.2. The number of thiophene rings is 1. The van der Waals surface area contributed by atoms with Crippen molar-refractivity contribution in [2.24, 2.45) is 0 Å². The lowest BCUT2D eigenvalue weighted by Crippen LogP contribution is -2.13. The fourth-order valence-corrected chi connectivity index (χ4v) is 2.94. The molecule has 0 N–H and O–H groups in total. The van der Waals surface area contributed by atoms with E-state index in [4.69, 9.17) is 23.2 Å². The van der Waals surface area contributed by atoms with Gasteiger partial charge in [0.25, 0.3) is 5.91 Å². The van der Waals surface area contributed by atoms with E-state index in [1.165, 1.54) is 16.0 Å². The number of hydrogen-bond donors (Lipinski definition) is 0. The summed E-state index contributed by atoms with van der Waals surface area (Å²) in [6, 6.07) is 10.6. The van der Waals surface area contributed by atoms with E-state index in [0.717, 1.165) is 5.56 Å². The number of aromatic nitrogens is 2. The van der Waals surface area contributed by atoms with Crippen molar-refractivity contribution in [3.8, 4) is 0 Å². The van der Waals surface area contributed by atoms with E-state index in [0.29, 0.717) is 20.6 Å². The predicted molar refractivity (Wildman–Crippen MR) is 91.7 cm³/mol. The maximum absolute atomic E-state index is 12.4. The fourth-order valence-electron chi connectivity index (χ4n) is 1.93. The molecule has 0 aliphatic heterocycles. The topological polar surface area (TPSA) is 34.9 Å². The first-order valence-electron chi connectivity index (χ1n) is 6.40. The van der Waals surface area contributed by atoms with E-state index < -0.39 is 0 Å². The molecule has 1 aromatic carbocycles. The molecule has 3 nitrogen and oxygen atoms in total. The van der Waals surface area contributed by atoms with E-state index in [9.17, 15) is 4.79 Å². The van der Waals surface area contributed by atoms with Crippen molar-refractivity contribution < 1.29 is 4.79 Å². The Morgan fingerprint density at radius 2 is 2.05 bits per heavy atom. The number of carbonyl (C=O) groups excluding carboxylic acids is 1. The standard InChI is InChI=1S/C16H10Cl2N2OS/c17-12-4-6-14(18)11(10-12)3-5-13-7-8-19-20(13)16(21)15-2-1-9-22-15/h1-10H. The Kier molecular flexibility index (Phi) is 4.43. The van der Waals surface area contributed by atoms with Crippen molar-refractivity contribution in [1.29, 1.82) is 0 Å². The second-order valence-electron chi connectivity index (χ2n) is 4.45. The minimum Gasteiger partial charge on any atom is -0.266 e. The highest BCUT2D eigenvalue weighted by atomic mass is 35.5. The van der Waals surface area contributed by atoms with Crippen LogP contribution >= 0.6 is 34.5 Å². The van der Waals surface area contributed by atoms with Crippen molar-refractivity contribution in [3.05, 3.63) is 74.2 Å². The lowest BCUT2D eigenvalue weighted by Gasteiger charge is -2.02. The molecule has 22 heavy (non-hydrogen) atoms. The van der Waals surface area contributed by atoms with Gasteiger partial charge in [-0.3, -0.25) is 4.79 Å². The van der Waals surface area contributed by atoms with Gasteiger partial charge < -0.3 is 0 Å². The Morgan fingerprint density at radius 3 is 2.82 bits per heavy atom. The quantitative estimate of drug-likeness (QED) is 0.659. The number of carbonyl (C=O) groups is 1. The summed E-state index contributed by atoms with van der Waals surface area (Å²) < 4.78 is 1.36. The molecule has 6 heteroatoms. The molecule has 0 aliphatic carbocycles. The first kappa shape index (κ1) is 15.0. The average Bonchev–Trinajstić information content (AvgIpc) is 3.18. The molecule has 0 atom stereocenters. The first-order valence-corrected chi connectivity index (χ1v) is 8.04. The Hall–Kier alpha value is -1.88. The van der Waals surface area contributed by atoms with E-state index in [1.807, 2.05) is 17.5 Å². The summed E-state index contributed by atoms with van der Waals surface area (Å²) in [6.45, 7) is 0. The van der Waals surface area contributed by atoms with Crippen LogP contribution in [0.15, 0.2) is 48.0 Å². The molecule has 0 aliphatic rings. The van der Waals surface area contributed by atoms with E-state index >= 15 is 0 Å². The summed E-state index contributed by atoms with van der Waals surface area (Å²) in [7, 11) is 0. The molecule has 0 spiro atoms. The zero-order valence-corrected chi connectivity index (χ0v) is 13.6. The van der Waals surface area contributed by atoms with Crippen molar-refractivity contribution in [2.45, 2.75) is 0 Å². The molecule has 0 saturated carbocycles. The highest BCUT2D eigenvalue weighted by Crippen LogP contribution is 2.23. The third kappa shape index (κ3) is 3.14. The number of benzene rings is 1. The average molecular weight is 349 g/mol. The monoisotopic (exact) mass is 348 g/mol. The van der Waals surface area contributed by atoms with Crippen LogP contribution in [-0.2, 0) is 0 Å². The van der Waals surface area contributed by atoms with E-state index in [2.05, 4.69) is 5.10 Å². The first-order chi connectivity index (χ1) is 10.6. The maximum Gasteiger partial charge on any atom is 0.288 e. The van der Waals surface area contributed by atoms with Crippen molar-refractivity contribution >= 4 is 52.6 Å². The second-order valence-corrected chi connectivity index (χ2v) is 6.24. The van der Waals surface area contributed by atoms with Crippen LogP contribution in [0.2, 0.25) is 10.0 Å². The van der Waals surface area contributed by atoms with E-state index in [-0.39, 0.29) is 5.91 Å². The van der Waals surface area contributed by atoms with Crippen molar-refractivity contribution in [1.82, 2.24) is 9.78 Å². The normalized spacial score (nSPS) is 11.2. The minimum absolute atomic E-state index is 0.156. The molecule has 3 aromatic rings. The molecule has 110 valence electrons. The predicted octanol–water partition coefficient (Wildman–Crippen LogP) is 5.11. The molecule has 2 aromatic heterocycles. The van der Waals surface area contributed by atoms with Gasteiger partial charge in [0.1, 0.15) is 0 Å². The van der Waals surface area contributed by atoms with Crippen molar-refractivity contribution in [3.63, 3.8) is 0 Å². The second kappa shape index (κ2) is 6.48. The minimum atomic E-state index is -0.156. The zero-order chi connectivity index (χ0) is 15.5. The van der Waals surface area contributed by atoms with Gasteiger partial charge in [-0.05, 0) is 47.4 Å². The van der Waals surface area contributed by atoms with Crippen LogP contribution in [0.25, 0.3) is 12.2 Å². The van der Waals surface area contributed by atoms with E-state index in [1.54, 1.807) is 42.6 Å².